The highest BCUT2D eigenvalue weighted by molar-refractivity contribution is 9.10. The number of imidazole rings is 1. The number of carbonyl (C=O) groups is 2. The first kappa shape index (κ1) is 16.3. The minimum absolute atomic E-state index is 0.203. The average molecular weight is 419 g/mol. The van der Waals surface area contributed by atoms with Gasteiger partial charge in [0.05, 0.1) is 23.3 Å². The van der Waals surface area contributed by atoms with E-state index in [1.54, 1.807) is 12.4 Å². The first-order valence-electron chi connectivity index (χ1n) is 7.75. The van der Waals surface area contributed by atoms with Crippen LogP contribution in [0.2, 0.25) is 5.02 Å². The van der Waals surface area contributed by atoms with E-state index in [-0.39, 0.29) is 24.2 Å². The van der Waals surface area contributed by atoms with Crippen molar-refractivity contribution in [3.05, 3.63) is 63.3 Å². The summed E-state index contributed by atoms with van der Waals surface area (Å²) in [7, 11) is 0. The molecule has 25 heavy (non-hydrogen) atoms. The van der Waals surface area contributed by atoms with E-state index >= 15 is 0 Å². The van der Waals surface area contributed by atoms with E-state index in [1.807, 2.05) is 30.3 Å². The molecule has 2 aromatic carbocycles. The quantitative estimate of drug-likeness (QED) is 0.620. The summed E-state index contributed by atoms with van der Waals surface area (Å²) in [6.45, 7) is 0. The number of halogens is 2. The number of imide groups is 1. The Labute approximate surface area is 156 Å². The van der Waals surface area contributed by atoms with Crippen molar-refractivity contribution in [1.82, 2.24) is 15.3 Å². The molecule has 0 unspecified atom stereocenters. The number of aromatic nitrogens is 2. The Kier molecular flexibility index (Phi) is 4.09. The van der Waals surface area contributed by atoms with Crippen LogP contribution in [0.3, 0.4) is 0 Å². The molecule has 1 aromatic heterocycles. The second kappa shape index (κ2) is 6.28. The zero-order chi connectivity index (χ0) is 17.6. The molecule has 7 heteroatoms. The molecule has 4 rings (SSSR count). The van der Waals surface area contributed by atoms with Crippen LogP contribution in [0.4, 0.5) is 0 Å². The van der Waals surface area contributed by atoms with Gasteiger partial charge in [0.15, 0.2) is 0 Å². The van der Waals surface area contributed by atoms with Crippen molar-refractivity contribution >= 4 is 50.4 Å². The minimum Gasteiger partial charge on any atom is -0.345 e. The van der Waals surface area contributed by atoms with Crippen LogP contribution < -0.4 is 5.32 Å². The Balaban J connectivity index is 1.89. The van der Waals surface area contributed by atoms with E-state index in [0.717, 1.165) is 21.1 Å². The number of H-pyrrole nitrogens is 1. The van der Waals surface area contributed by atoms with Gasteiger partial charge in [0.1, 0.15) is 0 Å². The maximum absolute atomic E-state index is 12.7. The van der Waals surface area contributed by atoms with Crippen LogP contribution in [-0.4, -0.2) is 21.8 Å². The molecule has 2 heterocycles. The van der Waals surface area contributed by atoms with Crippen molar-refractivity contribution in [1.29, 1.82) is 0 Å². The third-order valence-corrected chi connectivity index (χ3v) is 5.35. The smallest absolute Gasteiger partial charge is 0.234 e. The molecule has 5 nitrogen and oxygen atoms in total. The van der Waals surface area contributed by atoms with Gasteiger partial charge in [-0.3, -0.25) is 14.9 Å². The fourth-order valence-electron chi connectivity index (χ4n) is 3.46. The van der Waals surface area contributed by atoms with Gasteiger partial charge in [0.2, 0.25) is 11.8 Å². The molecular weight excluding hydrogens is 406 g/mol. The van der Waals surface area contributed by atoms with Crippen LogP contribution in [0.25, 0.3) is 11.0 Å². The summed E-state index contributed by atoms with van der Waals surface area (Å²) >= 11 is 9.78. The molecule has 0 radical (unpaired) electrons. The number of nitrogens with zero attached hydrogens (tertiary/aromatic N) is 1. The van der Waals surface area contributed by atoms with Gasteiger partial charge in [-0.2, -0.15) is 0 Å². The Bertz CT molecular complexity index is 1000. The zero-order valence-corrected chi connectivity index (χ0v) is 15.3. The van der Waals surface area contributed by atoms with Gasteiger partial charge in [-0.1, -0.05) is 45.7 Å². The lowest BCUT2D eigenvalue weighted by atomic mass is 9.76. The number of fused-ring (bicyclic) bond motifs is 1. The molecular formula is C18H13BrClN3O2. The predicted octanol–water partition coefficient (Wildman–Crippen LogP) is 3.89. The number of aromatic amines is 1. The van der Waals surface area contributed by atoms with Crippen LogP contribution in [-0.2, 0) is 9.59 Å². The van der Waals surface area contributed by atoms with Gasteiger partial charge in [-0.25, -0.2) is 4.98 Å². The van der Waals surface area contributed by atoms with E-state index in [9.17, 15) is 9.59 Å². The molecule has 0 bridgehead atoms. The highest BCUT2D eigenvalue weighted by Gasteiger charge is 2.39. The summed E-state index contributed by atoms with van der Waals surface area (Å²) in [5, 5.41) is 2.92. The number of benzene rings is 2. The van der Waals surface area contributed by atoms with E-state index in [4.69, 9.17) is 11.6 Å². The van der Waals surface area contributed by atoms with Gasteiger partial charge >= 0.3 is 0 Å². The predicted molar refractivity (Wildman–Crippen MR) is 98.5 cm³/mol. The summed E-state index contributed by atoms with van der Waals surface area (Å²) in [6.07, 6.45) is 1.81. The van der Waals surface area contributed by atoms with Gasteiger partial charge < -0.3 is 4.98 Å². The van der Waals surface area contributed by atoms with Crippen LogP contribution in [0, 0.1) is 0 Å². The van der Waals surface area contributed by atoms with Gasteiger partial charge in [-0.05, 0) is 29.3 Å². The summed E-state index contributed by atoms with van der Waals surface area (Å²) in [5.41, 5.74) is 3.21. The molecule has 2 atom stereocenters. The van der Waals surface area contributed by atoms with Gasteiger partial charge in [0, 0.05) is 21.8 Å². The SMILES string of the molecule is O=C1C[C@H](c2cccc3[nH]cnc23)[C@@H](c2ccc(Br)cc2Cl)C(=O)N1. The number of amides is 2. The number of para-hydroxylation sites is 1. The van der Waals surface area contributed by atoms with Gasteiger partial charge in [-0.15, -0.1) is 0 Å². The Morgan fingerprint density at radius 1 is 1.16 bits per heavy atom. The van der Waals surface area contributed by atoms with E-state index in [0.29, 0.717) is 10.6 Å². The van der Waals surface area contributed by atoms with Crippen molar-refractivity contribution in [3.8, 4) is 0 Å². The van der Waals surface area contributed by atoms with Gasteiger partial charge in [0.25, 0.3) is 0 Å². The maximum atomic E-state index is 12.7. The molecule has 0 aliphatic carbocycles. The number of hydrogen-bond donors (Lipinski definition) is 2. The molecule has 1 aliphatic rings. The lowest BCUT2D eigenvalue weighted by Crippen LogP contribution is -2.43. The molecule has 1 aliphatic heterocycles. The van der Waals surface area contributed by atoms with Crippen molar-refractivity contribution in [2.24, 2.45) is 0 Å². The Morgan fingerprint density at radius 2 is 2.00 bits per heavy atom. The highest BCUT2D eigenvalue weighted by Crippen LogP contribution is 2.43. The summed E-state index contributed by atoms with van der Waals surface area (Å²) in [5.74, 6) is -1.50. The summed E-state index contributed by atoms with van der Waals surface area (Å²) in [6, 6.07) is 11.2. The monoisotopic (exact) mass is 417 g/mol. The van der Waals surface area contributed by atoms with E-state index < -0.39 is 5.92 Å². The number of carbonyl (C=O) groups excluding carboxylic acids is 2. The van der Waals surface area contributed by atoms with Crippen molar-refractivity contribution in [2.75, 3.05) is 0 Å². The van der Waals surface area contributed by atoms with Crippen molar-refractivity contribution < 1.29 is 9.59 Å². The van der Waals surface area contributed by atoms with E-state index in [2.05, 4.69) is 31.2 Å². The molecule has 2 N–H and O–H groups in total. The molecule has 1 saturated heterocycles. The molecule has 1 fully saturated rings. The lowest BCUT2D eigenvalue weighted by Gasteiger charge is -2.31. The number of piperidine rings is 1. The molecule has 2 amide bonds. The first-order valence-corrected chi connectivity index (χ1v) is 8.92. The second-order valence-electron chi connectivity index (χ2n) is 6.01. The molecule has 126 valence electrons. The average Bonchev–Trinajstić information content (AvgIpc) is 3.04. The first-order chi connectivity index (χ1) is 12.0. The fraction of sp³-hybridized carbons (Fsp3) is 0.167. The number of hydrogen-bond acceptors (Lipinski definition) is 3. The number of rotatable bonds is 2. The normalized spacial score (nSPS) is 20.7. The Morgan fingerprint density at radius 3 is 2.80 bits per heavy atom. The van der Waals surface area contributed by atoms with E-state index in [1.165, 1.54) is 0 Å². The van der Waals surface area contributed by atoms with Crippen LogP contribution in [0.1, 0.15) is 29.4 Å². The molecule has 0 saturated carbocycles. The largest absolute Gasteiger partial charge is 0.345 e. The third kappa shape index (κ3) is 2.85. The topological polar surface area (TPSA) is 74.8 Å². The van der Waals surface area contributed by atoms with Crippen LogP contribution in [0.5, 0.6) is 0 Å². The van der Waals surface area contributed by atoms with Crippen LogP contribution in [0.15, 0.2) is 47.2 Å². The number of nitrogens with one attached hydrogen (secondary N) is 2. The maximum Gasteiger partial charge on any atom is 0.234 e. The summed E-state index contributed by atoms with van der Waals surface area (Å²) in [4.78, 5) is 32.2. The second-order valence-corrected chi connectivity index (χ2v) is 7.34. The molecule has 0 spiro atoms. The van der Waals surface area contributed by atoms with Crippen molar-refractivity contribution in [3.63, 3.8) is 0 Å². The summed E-state index contributed by atoms with van der Waals surface area (Å²) < 4.78 is 0.833. The van der Waals surface area contributed by atoms with Crippen molar-refractivity contribution in [2.45, 2.75) is 18.3 Å². The third-order valence-electron chi connectivity index (χ3n) is 4.53. The minimum atomic E-state index is -0.555. The lowest BCUT2D eigenvalue weighted by molar-refractivity contribution is -0.135. The Hall–Kier alpha value is -2.18. The zero-order valence-electron chi connectivity index (χ0n) is 12.9. The highest BCUT2D eigenvalue weighted by atomic mass is 79.9. The van der Waals surface area contributed by atoms with Crippen LogP contribution >= 0.6 is 27.5 Å². The molecule has 3 aromatic rings. The fourth-order valence-corrected chi connectivity index (χ4v) is 4.25. The standard InChI is InChI=1S/C18H13BrClN3O2/c19-9-4-5-11(13(20)6-9)16-12(7-15(24)23-18(16)25)10-2-1-3-14-17(10)22-8-21-14/h1-6,8,12,16H,7H2,(H,21,22)(H,23,24,25)/t12-,16-/m1/s1.